The zero-order valence-electron chi connectivity index (χ0n) is 10.9. The average Bonchev–Trinajstić information content (AvgIpc) is 2.89. The van der Waals surface area contributed by atoms with Gasteiger partial charge in [-0.3, -0.25) is 4.79 Å². The summed E-state index contributed by atoms with van der Waals surface area (Å²) in [5.74, 6) is -0.324. The first-order valence-electron chi connectivity index (χ1n) is 5.89. The molecule has 0 saturated heterocycles. The molecular formula is C13H13Cl3N2O2. The number of hydrazone groups is 1. The lowest BCUT2D eigenvalue weighted by atomic mass is 10.1. The number of halogens is 3. The Morgan fingerprint density at radius 3 is 2.60 bits per heavy atom. The van der Waals surface area contributed by atoms with Gasteiger partial charge in [-0.25, -0.2) is 5.43 Å². The number of nitrogens with zero attached hydrogens (tertiary/aromatic N) is 1. The lowest BCUT2D eigenvalue weighted by Crippen LogP contribution is -2.30. The zero-order chi connectivity index (χ0) is 15.1. The van der Waals surface area contributed by atoms with Gasteiger partial charge in [0.1, 0.15) is 10.1 Å². The summed E-state index contributed by atoms with van der Waals surface area (Å²) in [4.78, 5) is 12.0. The topological polar surface area (TPSA) is 61.7 Å². The summed E-state index contributed by atoms with van der Waals surface area (Å²) in [6.45, 7) is 3.32. The van der Waals surface area contributed by atoms with Crippen molar-refractivity contribution in [2.24, 2.45) is 10.5 Å². The second kappa shape index (κ2) is 5.10. The number of hydrogen-bond donors (Lipinski definition) is 2. The van der Waals surface area contributed by atoms with Crippen LogP contribution in [0.3, 0.4) is 0 Å². The first-order chi connectivity index (χ1) is 9.17. The maximum absolute atomic E-state index is 12.0. The van der Waals surface area contributed by atoms with Gasteiger partial charge in [-0.2, -0.15) is 5.10 Å². The van der Waals surface area contributed by atoms with Gasteiger partial charge >= 0.3 is 0 Å². The van der Waals surface area contributed by atoms with Gasteiger partial charge in [0.05, 0.1) is 11.1 Å². The molecule has 0 spiro atoms. The molecule has 1 saturated carbocycles. The van der Waals surface area contributed by atoms with Crippen LogP contribution in [0, 0.1) is 5.41 Å². The smallest absolute Gasteiger partial charge is 0.249 e. The van der Waals surface area contributed by atoms with E-state index >= 15 is 0 Å². The van der Waals surface area contributed by atoms with Gasteiger partial charge in [-0.15, -0.1) is 23.2 Å². The molecule has 2 N–H and O–H groups in total. The summed E-state index contributed by atoms with van der Waals surface area (Å²) < 4.78 is -1.04. The Morgan fingerprint density at radius 2 is 2.05 bits per heavy atom. The van der Waals surface area contributed by atoms with Crippen LogP contribution in [0.2, 0.25) is 5.02 Å². The summed E-state index contributed by atoms with van der Waals surface area (Å²) in [6.07, 6.45) is 0.381. The minimum absolute atomic E-state index is 0.0339. The number of carbonyl (C=O) groups is 1. The minimum Gasteiger partial charge on any atom is -0.507 e. The Labute approximate surface area is 131 Å². The van der Waals surface area contributed by atoms with Crippen LogP contribution in [0.4, 0.5) is 0 Å². The summed E-state index contributed by atoms with van der Waals surface area (Å²) in [5, 5.41) is 14.1. The van der Waals surface area contributed by atoms with E-state index in [0.29, 0.717) is 22.7 Å². The highest BCUT2D eigenvalue weighted by molar-refractivity contribution is 6.53. The first-order valence-corrected chi connectivity index (χ1v) is 7.02. The van der Waals surface area contributed by atoms with Crippen LogP contribution >= 0.6 is 34.8 Å². The number of phenols is 1. The van der Waals surface area contributed by atoms with Gasteiger partial charge in [-0.05, 0) is 38.5 Å². The van der Waals surface area contributed by atoms with Crippen molar-refractivity contribution in [1.82, 2.24) is 5.43 Å². The summed E-state index contributed by atoms with van der Waals surface area (Å²) in [7, 11) is 0. The molecule has 4 nitrogen and oxygen atoms in total. The van der Waals surface area contributed by atoms with Crippen LogP contribution in [0.5, 0.6) is 5.75 Å². The van der Waals surface area contributed by atoms with Gasteiger partial charge in [0, 0.05) is 10.6 Å². The van der Waals surface area contributed by atoms with Crippen LogP contribution in [0.25, 0.3) is 0 Å². The lowest BCUT2D eigenvalue weighted by Gasteiger charge is -2.10. The second-order valence-corrected chi connectivity index (χ2v) is 6.93. The first kappa shape index (κ1) is 15.4. The van der Waals surface area contributed by atoms with Gasteiger partial charge < -0.3 is 5.11 Å². The molecule has 0 bridgehead atoms. The molecule has 0 radical (unpaired) electrons. The molecule has 1 atom stereocenters. The number of rotatable bonds is 3. The Morgan fingerprint density at radius 1 is 1.45 bits per heavy atom. The Balaban J connectivity index is 2.12. The molecule has 1 fully saturated rings. The predicted molar refractivity (Wildman–Crippen MR) is 80.6 cm³/mol. The van der Waals surface area contributed by atoms with E-state index in [9.17, 15) is 9.90 Å². The number of phenolic OH excluding ortho intramolecular Hbond substituents is 1. The van der Waals surface area contributed by atoms with E-state index in [2.05, 4.69) is 10.5 Å². The van der Waals surface area contributed by atoms with Crippen LogP contribution in [-0.4, -0.2) is 21.1 Å². The Kier molecular flexibility index (Phi) is 3.93. The third-order valence-electron chi connectivity index (χ3n) is 3.43. The molecule has 20 heavy (non-hydrogen) atoms. The van der Waals surface area contributed by atoms with Crippen molar-refractivity contribution in [3.63, 3.8) is 0 Å². The summed E-state index contributed by atoms with van der Waals surface area (Å²) in [6, 6.07) is 4.59. The van der Waals surface area contributed by atoms with Gasteiger partial charge in [0.2, 0.25) is 5.91 Å². The van der Waals surface area contributed by atoms with E-state index in [1.165, 1.54) is 6.07 Å². The molecule has 0 aromatic heterocycles. The fraction of sp³-hybridized carbons (Fsp3) is 0.385. The van der Waals surface area contributed by atoms with E-state index in [0.717, 1.165) is 0 Å². The summed E-state index contributed by atoms with van der Waals surface area (Å²) in [5.41, 5.74) is 2.45. The van der Waals surface area contributed by atoms with Crippen molar-refractivity contribution in [2.45, 2.75) is 24.6 Å². The molecule has 0 aliphatic heterocycles. The quantitative estimate of drug-likeness (QED) is 0.505. The molecule has 1 aromatic rings. The van der Waals surface area contributed by atoms with Gasteiger partial charge in [0.15, 0.2) is 0 Å². The lowest BCUT2D eigenvalue weighted by molar-refractivity contribution is -0.125. The Hall–Kier alpha value is -0.970. The standard InChI is InChI=1S/C13H13Cl3N2O2/c1-7(9-5-8(14)3-4-10(9)19)17-18-11(20)12(2)6-13(12,15)16/h3-5,19H,6H2,1-2H3,(H,18,20)/b17-7+/t12-/m1/s1. The number of amides is 1. The average molecular weight is 336 g/mol. The fourth-order valence-corrected chi connectivity index (χ4v) is 2.64. The van der Waals surface area contributed by atoms with Crippen molar-refractivity contribution < 1.29 is 9.90 Å². The molecule has 1 amide bonds. The molecule has 1 aromatic carbocycles. The van der Waals surface area contributed by atoms with E-state index in [-0.39, 0.29) is 11.7 Å². The molecular weight excluding hydrogens is 323 g/mol. The highest BCUT2D eigenvalue weighted by Crippen LogP contribution is 2.63. The largest absolute Gasteiger partial charge is 0.507 e. The normalized spacial score (nSPS) is 24.4. The molecule has 108 valence electrons. The molecule has 1 aliphatic rings. The zero-order valence-corrected chi connectivity index (χ0v) is 13.1. The van der Waals surface area contributed by atoms with Gasteiger partial charge in [-0.1, -0.05) is 11.6 Å². The third kappa shape index (κ3) is 2.73. The number of benzene rings is 1. The monoisotopic (exact) mass is 334 g/mol. The van der Waals surface area contributed by atoms with Gasteiger partial charge in [0.25, 0.3) is 0 Å². The van der Waals surface area contributed by atoms with E-state index in [1.54, 1.807) is 26.0 Å². The van der Waals surface area contributed by atoms with Crippen LogP contribution in [0.15, 0.2) is 23.3 Å². The number of aromatic hydroxyl groups is 1. The molecule has 2 rings (SSSR count). The van der Waals surface area contributed by atoms with Crippen molar-refractivity contribution >= 4 is 46.4 Å². The maximum atomic E-state index is 12.0. The number of nitrogens with one attached hydrogen (secondary N) is 1. The maximum Gasteiger partial charge on any atom is 0.249 e. The highest BCUT2D eigenvalue weighted by atomic mass is 35.5. The SMILES string of the molecule is C/C(=N\NC(=O)[C@@]1(C)CC1(Cl)Cl)c1cc(Cl)ccc1O. The van der Waals surface area contributed by atoms with E-state index in [1.807, 2.05) is 0 Å². The van der Waals surface area contributed by atoms with Crippen molar-refractivity contribution in [3.05, 3.63) is 28.8 Å². The van der Waals surface area contributed by atoms with E-state index in [4.69, 9.17) is 34.8 Å². The molecule has 7 heteroatoms. The molecule has 0 unspecified atom stereocenters. The van der Waals surface area contributed by atoms with Crippen molar-refractivity contribution in [2.75, 3.05) is 0 Å². The number of hydrogen-bond acceptors (Lipinski definition) is 3. The third-order valence-corrected chi connectivity index (χ3v) is 4.77. The Bertz CT molecular complexity index is 601. The number of alkyl halides is 2. The molecule has 0 heterocycles. The summed E-state index contributed by atoms with van der Waals surface area (Å²) >= 11 is 17.7. The minimum atomic E-state index is -1.04. The van der Waals surface area contributed by atoms with Crippen molar-refractivity contribution in [1.29, 1.82) is 0 Å². The highest BCUT2D eigenvalue weighted by Gasteiger charge is 2.68. The number of carbonyl (C=O) groups excluding carboxylic acids is 1. The van der Waals surface area contributed by atoms with Crippen LogP contribution in [-0.2, 0) is 4.79 Å². The fourth-order valence-electron chi connectivity index (χ4n) is 1.76. The van der Waals surface area contributed by atoms with Crippen LogP contribution < -0.4 is 5.43 Å². The second-order valence-electron chi connectivity index (χ2n) is 5.01. The van der Waals surface area contributed by atoms with Crippen molar-refractivity contribution in [3.8, 4) is 5.75 Å². The van der Waals surface area contributed by atoms with Crippen LogP contribution in [0.1, 0.15) is 25.8 Å². The molecule has 1 aliphatic carbocycles. The predicted octanol–water partition coefficient (Wildman–Crippen LogP) is 3.47. The van der Waals surface area contributed by atoms with E-state index < -0.39 is 9.75 Å².